The van der Waals surface area contributed by atoms with Crippen molar-refractivity contribution < 1.29 is 14.6 Å². The quantitative estimate of drug-likeness (QED) is 0.159. The minimum atomic E-state index is -0.920. The van der Waals surface area contributed by atoms with E-state index in [0.717, 1.165) is 66.4 Å². The minimum absolute atomic E-state index is 0.339. The van der Waals surface area contributed by atoms with Gasteiger partial charge in [0.25, 0.3) is 0 Å². The van der Waals surface area contributed by atoms with Gasteiger partial charge in [0.05, 0.1) is 12.1 Å². The molecule has 0 radical (unpaired) electrons. The maximum atomic E-state index is 13.2. The van der Waals surface area contributed by atoms with Crippen molar-refractivity contribution in [2.45, 2.75) is 26.3 Å². The van der Waals surface area contributed by atoms with Gasteiger partial charge in [-0.1, -0.05) is 127 Å². The summed E-state index contributed by atoms with van der Waals surface area (Å²) >= 11 is 0. The van der Waals surface area contributed by atoms with Gasteiger partial charge < -0.3 is 14.4 Å². The Kier molecular flexibility index (Phi) is 8.09. The average molecular weight is 602 g/mol. The van der Waals surface area contributed by atoms with Crippen LogP contribution in [0.4, 0.5) is 0 Å². The van der Waals surface area contributed by atoms with Gasteiger partial charge in [-0.05, 0) is 70.7 Å². The highest BCUT2D eigenvalue weighted by Crippen LogP contribution is 2.37. The summed E-state index contributed by atoms with van der Waals surface area (Å²) < 4.78 is 8.28. The summed E-state index contributed by atoms with van der Waals surface area (Å²) in [6.45, 7) is 3.03. The fourth-order valence-electron chi connectivity index (χ4n) is 6.64. The summed E-state index contributed by atoms with van der Waals surface area (Å²) in [4.78, 5) is 13.2. The van der Waals surface area contributed by atoms with Crippen molar-refractivity contribution >= 4 is 27.6 Å². The number of carboxylic acid groups (broad SMARTS) is 1. The fraction of sp³-hybridized carbons (Fsp3) is 0.119. The van der Waals surface area contributed by atoms with E-state index < -0.39 is 5.97 Å². The Morgan fingerprint density at radius 2 is 1.37 bits per heavy atom. The summed E-state index contributed by atoms with van der Waals surface area (Å²) in [7, 11) is 0. The second-order valence-electron chi connectivity index (χ2n) is 11.7. The van der Waals surface area contributed by atoms with Crippen LogP contribution in [-0.4, -0.2) is 22.2 Å². The Hall–Kier alpha value is -5.61. The van der Waals surface area contributed by atoms with Crippen molar-refractivity contribution in [3.63, 3.8) is 0 Å². The molecule has 0 unspecified atom stereocenters. The van der Waals surface area contributed by atoms with Gasteiger partial charge in [0.1, 0.15) is 11.4 Å². The normalized spacial score (nSPS) is 11.2. The molecule has 0 atom stereocenters. The molecular weight excluding hydrogens is 566 g/mol. The third-order valence-corrected chi connectivity index (χ3v) is 8.78. The molecule has 6 aromatic carbocycles. The zero-order chi connectivity index (χ0) is 31.5. The van der Waals surface area contributed by atoms with Crippen LogP contribution in [0.5, 0.6) is 5.75 Å². The van der Waals surface area contributed by atoms with Crippen LogP contribution >= 0.6 is 0 Å². The smallest absolute Gasteiger partial charge is 0.352 e. The lowest BCUT2D eigenvalue weighted by Gasteiger charge is -2.14. The molecule has 0 saturated carbocycles. The van der Waals surface area contributed by atoms with Gasteiger partial charge in [-0.2, -0.15) is 0 Å². The molecule has 4 heteroatoms. The Bertz CT molecular complexity index is 2170. The van der Waals surface area contributed by atoms with Gasteiger partial charge >= 0.3 is 5.97 Å². The van der Waals surface area contributed by atoms with Crippen LogP contribution in [0.1, 0.15) is 33.6 Å². The van der Waals surface area contributed by atoms with Gasteiger partial charge in [0.15, 0.2) is 0 Å². The monoisotopic (exact) mass is 601 g/mol. The molecule has 0 aliphatic heterocycles. The van der Waals surface area contributed by atoms with Crippen molar-refractivity contribution in [3.8, 4) is 28.0 Å². The topological polar surface area (TPSA) is 51.5 Å². The number of aryl methyl sites for hydroxylation is 2. The molecule has 1 aromatic heterocycles. The standard InChI is InChI=1S/C42H35NO3/c1-29-13-5-7-20-34(29)36-22-11-23-37-38(24-12-26-46-39-25-10-18-32-17-6-8-21-35(32)39)41(42(44)45)43(40(36)37)28-30-14-9-19-33(27-30)31-15-3-2-4-16-31/h2-11,13-23,25,27H,12,24,26,28H2,1H3,(H,44,45). The molecule has 7 aromatic rings. The lowest BCUT2D eigenvalue weighted by Crippen LogP contribution is -2.12. The maximum absolute atomic E-state index is 13.2. The first-order valence-electron chi connectivity index (χ1n) is 15.8. The summed E-state index contributed by atoms with van der Waals surface area (Å²) in [6.07, 6.45) is 1.26. The lowest BCUT2D eigenvalue weighted by atomic mass is 9.97. The number of rotatable bonds is 10. The van der Waals surface area contributed by atoms with Crippen LogP contribution in [0.2, 0.25) is 0 Å². The Morgan fingerprint density at radius 3 is 2.22 bits per heavy atom. The number of nitrogens with zero attached hydrogens (tertiary/aromatic N) is 1. The highest BCUT2D eigenvalue weighted by molar-refractivity contribution is 6.04. The van der Waals surface area contributed by atoms with Crippen LogP contribution in [0.3, 0.4) is 0 Å². The van der Waals surface area contributed by atoms with Gasteiger partial charge in [0, 0.05) is 22.9 Å². The molecule has 226 valence electrons. The van der Waals surface area contributed by atoms with E-state index in [2.05, 4.69) is 85.8 Å². The van der Waals surface area contributed by atoms with E-state index in [1.165, 1.54) is 0 Å². The summed E-state index contributed by atoms with van der Waals surface area (Å²) in [5, 5.41) is 14.0. The molecule has 0 spiro atoms. The van der Waals surface area contributed by atoms with Gasteiger partial charge in [-0.15, -0.1) is 0 Å². The summed E-state index contributed by atoms with van der Waals surface area (Å²) in [5.74, 6) is -0.0738. The van der Waals surface area contributed by atoms with Gasteiger partial charge in [-0.25, -0.2) is 4.79 Å². The minimum Gasteiger partial charge on any atom is -0.493 e. The fourth-order valence-corrected chi connectivity index (χ4v) is 6.64. The average Bonchev–Trinajstić information content (AvgIpc) is 3.40. The van der Waals surface area contributed by atoms with E-state index in [0.29, 0.717) is 31.7 Å². The maximum Gasteiger partial charge on any atom is 0.352 e. The molecule has 1 N–H and O–H groups in total. The number of hydrogen-bond donors (Lipinski definition) is 1. The zero-order valence-electron chi connectivity index (χ0n) is 25.8. The number of ether oxygens (including phenoxy) is 1. The summed E-state index contributed by atoms with van der Waals surface area (Å²) in [6, 6.07) is 47.5. The molecule has 0 fully saturated rings. The van der Waals surface area contributed by atoms with E-state index >= 15 is 0 Å². The molecule has 0 saturated heterocycles. The highest BCUT2D eigenvalue weighted by Gasteiger charge is 2.25. The molecule has 0 amide bonds. The van der Waals surface area contributed by atoms with Gasteiger partial charge in [0.2, 0.25) is 0 Å². The van der Waals surface area contributed by atoms with E-state index in [1.807, 2.05) is 65.2 Å². The molecule has 1 heterocycles. The first kappa shape index (κ1) is 29.1. The third kappa shape index (κ3) is 5.66. The molecule has 0 aliphatic rings. The molecule has 0 aliphatic carbocycles. The number of aromatic carboxylic acids is 1. The molecule has 4 nitrogen and oxygen atoms in total. The number of fused-ring (bicyclic) bond motifs is 2. The second-order valence-corrected chi connectivity index (χ2v) is 11.7. The van der Waals surface area contributed by atoms with Crippen molar-refractivity contribution in [2.24, 2.45) is 0 Å². The lowest BCUT2D eigenvalue weighted by molar-refractivity contribution is 0.0685. The van der Waals surface area contributed by atoms with E-state index in [1.54, 1.807) is 0 Å². The number of carboxylic acids is 1. The van der Waals surface area contributed by atoms with Crippen molar-refractivity contribution in [1.29, 1.82) is 0 Å². The Labute approximate surface area is 269 Å². The highest BCUT2D eigenvalue weighted by atomic mass is 16.5. The molecule has 0 bridgehead atoms. The summed E-state index contributed by atoms with van der Waals surface area (Å²) in [5.41, 5.74) is 8.71. The number of benzene rings is 6. The van der Waals surface area contributed by atoms with E-state index in [4.69, 9.17) is 4.74 Å². The molecule has 46 heavy (non-hydrogen) atoms. The van der Waals surface area contributed by atoms with Gasteiger partial charge in [-0.3, -0.25) is 0 Å². The third-order valence-electron chi connectivity index (χ3n) is 8.78. The Morgan fingerprint density at radius 1 is 0.696 bits per heavy atom. The molecule has 7 rings (SSSR count). The van der Waals surface area contributed by atoms with Crippen molar-refractivity contribution in [1.82, 2.24) is 4.57 Å². The van der Waals surface area contributed by atoms with Crippen LogP contribution < -0.4 is 4.74 Å². The largest absolute Gasteiger partial charge is 0.493 e. The SMILES string of the molecule is Cc1ccccc1-c1cccc2c(CCCOc3cccc4ccccc34)c(C(=O)O)n(Cc3cccc(-c4ccccc4)c3)c12. The van der Waals surface area contributed by atoms with E-state index in [9.17, 15) is 9.90 Å². The Balaban J connectivity index is 1.29. The number of hydrogen-bond acceptors (Lipinski definition) is 2. The van der Waals surface area contributed by atoms with Crippen molar-refractivity contribution in [3.05, 3.63) is 162 Å². The van der Waals surface area contributed by atoms with Crippen LogP contribution in [0, 0.1) is 6.92 Å². The van der Waals surface area contributed by atoms with E-state index in [-0.39, 0.29) is 0 Å². The number of aromatic nitrogens is 1. The number of carbonyl (C=O) groups is 1. The first-order chi connectivity index (χ1) is 22.6. The van der Waals surface area contributed by atoms with Crippen LogP contribution in [0.15, 0.2) is 140 Å². The predicted octanol–water partition coefficient (Wildman–Crippen LogP) is 10.2. The van der Waals surface area contributed by atoms with Crippen LogP contribution in [0.25, 0.3) is 43.9 Å². The number of para-hydroxylation sites is 1. The van der Waals surface area contributed by atoms with Crippen molar-refractivity contribution in [2.75, 3.05) is 6.61 Å². The second kappa shape index (κ2) is 12.8. The van der Waals surface area contributed by atoms with Crippen LogP contribution in [-0.2, 0) is 13.0 Å². The molecular formula is C42H35NO3. The predicted molar refractivity (Wildman–Crippen MR) is 188 cm³/mol. The first-order valence-corrected chi connectivity index (χ1v) is 15.8. The zero-order valence-corrected chi connectivity index (χ0v) is 25.8.